The summed E-state index contributed by atoms with van der Waals surface area (Å²) in [5.41, 5.74) is 1.52. The van der Waals surface area contributed by atoms with Gasteiger partial charge in [0, 0.05) is 19.0 Å². The Kier molecular flexibility index (Phi) is 3.67. The van der Waals surface area contributed by atoms with Crippen LogP contribution in [0.4, 0.5) is 0 Å². The Morgan fingerprint density at radius 2 is 2.06 bits per heavy atom. The molecule has 0 bridgehead atoms. The molecule has 0 saturated heterocycles. The largest absolute Gasteiger partial charge is 0.338 e. The van der Waals surface area contributed by atoms with Gasteiger partial charge in [-0.05, 0) is 25.2 Å². The van der Waals surface area contributed by atoms with E-state index in [1.807, 2.05) is 0 Å². The molecule has 2 nitrogen and oxygen atoms in total. The van der Waals surface area contributed by atoms with E-state index in [2.05, 4.69) is 24.8 Å². The zero-order chi connectivity index (χ0) is 11.5. The van der Waals surface area contributed by atoms with Crippen molar-refractivity contribution in [3.8, 4) is 0 Å². The average molecular weight is 221 g/mol. The lowest BCUT2D eigenvalue weighted by molar-refractivity contribution is -0.135. The van der Waals surface area contributed by atoms with Crippen molar-refractivity contribution in [3.05, 3.63) is 11.6 Å². The molecule has 0 aromatic carbocycles. The Morgan fingerprint density at radius 3 is 2.56 bits per heavy atom. The second-order valence-electron chi connectivity index (χ2n) is 5.45. The Balaban J connectivity index is 1.90. The standard InChI is InChI=1S/C14H23NO/c1-11(2)12-7-9-15(10-8-12)14(16)13-5-3-4-6-13/h7,11,13H,3-6,8-10H2,1-2H3. The van der Waals surface area contributed by atoms with Gasteiger partial charge in [-0.2, -0.15) is 0 Å². The van der Waals surface area contributed by atoms with Gasteiger partial charge in [0.15, 0.2) is 0 Å². The molecule has 1 saturated carbocycles. The highest BCUT2D eigenvalue weighted by atomic mass is 16.2. The fraction of sp³-hybridized carbons (Fsp3) is 0.786. The van der Waals surface area contributed by atoms with Crippen LogP contribution in [0.15, 0.2) is 11.6 Å². The highest BCUT2D eigenvalue weighted by molar-refractivity contribution is 5.79. The van der Waals surface area contributed by atoms with E-state index >= 15 is 0 Å². The number of hydrogen-bond donors (Lipinski definition) is 0. The van der Waals surface area contributed by atoms with Crippen molar-refractivity contribution in [1.29, 1.82) is 0 Å². The van der Waals surface area contributed by atoms with Crippen LogP contribution in [-0.2, 0) is 4.79 Å². The lowest BCUT2D eigenvalue weighted by Gasteiger charge is -2.30. The summed E-state index contributed by atoms with van der Waals surface area (Å²) >= 11 is 0. The van der Waals surface area contributed by atoms with Gasteiger partial charge in [0.2, 0.25) is 5.91 Å². The minimum absolute atomic E-state index is 0.342. The van der Waals surface area contributed by atoms with Crippen LogP contribution in [0.2, 0.25) is 0 Å². The van der Waals surface area contributed by atoms with Crippen molar-refractivity contribution in [1.82, 2.24) is 4.90 Å². The van der Waals surface area contributed by atoms with Crippen molar-refractivity contribution in [2.45, 2.75) is 46.0 Å². The molecule has 1 aliphatic heterocycles. The van der Waals surface area contributed by atoms with E-state index in [4.69, 9.17) is 0 Å². The van der Waals surface area contributed by atoms with Gasteiger partial charge >= 0.3 is 0 Å². The minimum Gasteiger partial charge on any atom is -0.338 e. The van der Waals surface area contributed by atoms with E-state index in [1.54, 1.807) is 0 Å². The first-order valence-electron chi connectivity index (χ1n) is 6.66. The third-order valence-corrected chi connectivity index (χ3v) is 4.00. The molecule has 1 heterocycles. The van der Waals surface area contributed by atoms with E-state index in [9.17, 15) is 4.79 Å². The molecule has 0 spiro atoms. The normalized spacial score (nSPS) is 22.7. The van der Waals surface area contributed by atoms with Crippen molar-refractivity contribution in [2.24, 2.45) is 11.8 Å². The summed E-state index contributed by atoms with van der Waals surface area (Å²) in [5, 5.41) is 0. The van der Waals surface area contributed by atoms with Gasteiger partial charge in [-0.1, -0.05) is 38.3 Å². The number of carbonyl (C=O) groups is 1. The summed E-state index contributed by atoms with van der Waals surface area (Å²) in [5.74, 6) is 1.40. The molecule has 0 radical (unpaired) electrons. The molecule has 1 aliphatic carbocycles. The van der Waals surface area contributed by atoms with Gasteiger partial charge in [0.05, 0.1) is 0 Å². The summed E-state index contributed by atoms with van der Waals surface area (Å²) in [6.07, 6.45) is 8.08. The smallest absolute Gasteiger partial charge is 0.225 e. The van der Waals surface area contributed by atoms with E-state index in [1.165, 1.54) is 18.4 Å². The molecule has 0 N–H and O–H groups in total. The second-order valence-corrected chi connectivity index (χ2v) is 5.45. The summed E-state index contributed by atoms with van der Waals surface area (Å²) in [4.78, 5) is 14.2. The van der Waals surface area contributed by atoms with Crippen molar-refractivity contribution in [3.63, 3.8) is 0 Å². The lowest BCUT2D eigenvalue weighted by atomic mass is 9.96. The molecule has 1 fully saturated rings. The van der Waals surface area contributed by atoms with E-state index in [-0.39, 0.29) is 0 Å². The number of rotatable bonds is 2. The molecule has 0 atom stereocenters. The number of nitrogens with zero attached hydrogens (tertiary/aromatic N) is 1. The van der Waals surface area contributed by atoms with Gasteiger partial charge in [-0.25, -0.2) is 0 Å². The van der Waals surface area contributed by atoms with E-state index in [0.717, 1.165) is 32.4 Å². The average Bonchev–Trinajstić information content (AvgIpc) is 2.81. The first-order chi connectivity index (χ1) is 7.68. The number of hydrogen-bond acceptors (Lipinski definition) is 1. The highest BCUT2D eigenvalue weighted by Gasteiger charge is 2.28. The first kappa shape index (κ1) is 11.7. The zero-order valence-corrected chi connectivity index (χ0v) is 10.5. The minimum atomic E-state index is 0.342. The van der Waals surface area contributed by atoms with Gasteiger partial charge in [0.1, 0.15) is 0 Å². The molecule has 0 aromatic heterocycles. The van der Waals surface area contributed by atoms with Crippen LogP contribution in [0.25, 0.3) is 0 Å². The lowest BCUT2D eigenvalue weighted by Crippen LogP contribution is -2.38. The van der Waals surface area contributed by atoms with Gasteiger partial charge < -0.3 is 4.90 Å². The maximum atomic E-state index is 12.2. The molecule has 2 heteroatoms. The Hall–Kier alpha value is -0.790. The maximum absolute atomic E-state index is 12.2. The van der Waals surface area contributed by atoms with Crippen LogP contribution in [-0.4, -0.2) is 23.9 Å². The molecule has 2 aliphatic rings. The van der Waals surface area contributed by atoms with Gasteiger partial charge in [-0.3, -0.25) is 4.79 Å². The molecule has 0 unspecified atom stereocenters. The van der Waals surface area contributed by atoms with E-state index in [0.29, 0.717) is 17.7 Å². The van der Waals surface area contributed by atoms with Gasteiger partial charge in [-0.15, -0.1) is 0 Å². The summed E-state index contributed by atoms with van der Waals surface area (Å²) in [7, 11) is 0. The zero-order valence-electron chi connectivity index (χ0n) is 10.5. The van der Waals surface area contributed by atoms with Crippen LogP contribution in [0, 0.1) is 11.8 Å². The summed E-state index contributed by atoms with van der Waals surface area (Å²) in [6, 6.07) is 0. The Morgan fingerprint density at radius 1 is 1.38 bits per heavy atom. The van der Waals surface area contributed by atoms with Crippen molar-refractivity contribution >= 4 is 5.91 Å². The second kappa shape index (κ2) is 5.03. The number of carbonyl (C=O) groups excluding carboxylic acids is 1. The predicted molar refractivity (Wildman–Crippen MR) is 66.1 cm³/mol. The quantitative estimate of drug-likeness (QED) is 0.656. The monoisotopic (exact) mass is 221 g/mol. The van der Waals surface area contributed by atoms with Crippen LogP contribution in [0.3, 0.4) is 0 Å². The molecular weight excluding hydrogens is 198 g/mol. The predicted octanol–water partition coefficient (Wildman–Crippen LogP) is 2.99. The van der Waals surface area contributed by atoms with Crippen molar-refractivity contribution in [2.75, 3.05) is 13.1 Å². The van der Waals surface area contributed by atoms with Crippen LogP contribution >= 0.6 is 0 Å². The van der Waals surface area contributed by atoms with Crippen LogP contribution in [0.5, 0.6) is 0 Å². The Bertz CT molecular complexity index is 287. The molecule has 1 amide bonds. The van der Waals surface area contributed by atoms with Crippen LogP contribution in [0.1, 0.15) is 46.0 Å². The fourth-order valence-corrected chi connectivity index (χ4v) is 2.84. The SMILES string of the molecule is CC(C)C1=CCN(C(=O)C2CCCC2)CC1. The molecule has 0 aromatic rings. The van der Waals surface area contributed by atoms with Crippen molar-refractivity contribution < 1.29 is 4.79 Å². The van der Waals surface area contributed by atoms with Gasteiger partial charge in [0.25, 0.3) is 0 Å². The molecular formula is C14H23NO. The molecule has 2 rings (SSSR count). The molecule has 16 heavy (non-hydrogen) atoms. The number of amides is 1. The third kappa shape index (κ3) is 2.47. The summed E-state index contributed by atoms with van der Waals surface area (Å²) < 4.78 is 0. The Labute approximate surface area is 98.7 Å². The molecule has 90 valence electrons. The first-order valence-corrected chi connectivity index (χ1v) is 6.66. The van der Waals surface area contributed by atoms with Crippen LogP contribution < -0.4 is 0 Å². The third-order valence-electron chi connectivity index (χ3n) is 4.00. The highest BCUT2D eigenvalue weighted by Crippen LogP contribution is 2.28. The fourth-order valence-electron chi connectivity index (χ4n) is 2.84. The van der Waals surface area contributed by atoms with E-state index < -0.39 is 0 Å². The summed E-state index contributed by atoms with van der Waals surface area (Å²) in [6.45, 7) is 6.27. The topological polar surface area (TPSA) is 20.3 Å². The maximum Gasteiger partial charge on any atom is 0.225 e.